The predicted octanol–water partition coefficient (Wildman–Crippen LogP) is 6.03. The van der Waals surface area contributed by atoms with Gasteiger partial charge in [-0.25, -0.2) is 0 Å². The van der Waals surface area contributed by atoms with Crippen molar-refractivity contribution in [2.24, 2.45) is 29.6 Å². The van der Waals surface area contributed by atoms with Crippen molar-refractivity contribution in [3.05, 3.63) is 11.1 Å². The van der Waals surface area contributed by atoms with Gasteiger partial charge < -0.3 is 0 Å². The average Bonchev–Trinajstić information content (AvgIpc) is 2.60. The second-order valence-electron chi connectivity index (χ2n) is 8.51. The number of rotatable bonds is 1. The van der Waals surface area contributed by atoms with Gasteiger partial charge in [-0.1, -0.05) is 56.1 Å². The van der Waals surface area contributed by atoms with Crippen LogP contribution in [0.2, 0.25) is 0 Å². The maximum atomic E-state index is 4.79. The summed E-state index contributed by atoms with van der Waals surface area (Å²) in [4.78, 5) is 0. The molecule has 0 amide bonds. The fourth-order valence-electron chi connectivity index (χ4n) is 6.34. The molecule has 4 aliphatic rings. The Morgan fingerprint density at radius 2 is 1.67 bits per heavy atom. The Kier molecular flexibility index (Phi) is 4.15. The van der Waals surface area contributed by atoms with E-state index < -0.39 is 0 Å². The Hall–Kier alpha value is 0.0900. The summed E-state index contributed by atoms with van der Waals surface area (Å²) in [6.45, 7) is 2.47. The highest BCUT2D eigenvalue weighted by molar-refractivity contribution is 7.81. The average molecular weight is 305 g/mol. The lowest BCUT2D eigenvalue weighted by Crippen LogP contribution is -2.26. The fourth-order valence-corrected chi connectivity index (χ4v) is 7.01. The van der Waals surface area contributed by atoms with E-state index in [4.69, 9.17) is 12.6 Å². The zero-order valence-electron chi connectivity index (χ0n) is 13.7. The summed E-state index contributed by atoms with van der Waals surface area (Å²) in [5, 5.41) is 0.620. The van der Waals surface area contributed by atoms with Gasteiger partial charge in [0.15, 0.2) is 0 Å². The van der Waals surface area contributed by atoms with Crippen LogP contribution < -0.4 is 0 Å². The smallest absolute Gasteiger partial charge is 0.0237 e. The third-order valence-corrected chi connectivity index (χ3v) is 8.00. The standard InChI is InChI=1S/C20H32S/c1-13-18(11-16-12-19(21)20(13)16)17-8-3-2-5-14-6-4-7-15(17)10-9-14/h14-19,21H,2-12H2,1H3. The summed E-state index contributed by atoms with van der Waals surface area (Å²) in [6.07, 6.45) is 16.6. The van der Waals surface area contributed by atoms with Crippen molar-refractivity contribution in [2.45, 2.75) is 82.8 Å². The Bertz CT molecular complexity index is 424. The highest BCUT2D eigenvalue weighted by Gasteiger charge is 2.45. The van der Waals surface area contributed by atoms with E-state index in [0.29, 0.717) is 5.25 Å². The van der Waals surface area contributed by atoms with Crippen molar-refractivity contribution in [3.8, 4) is 0 Å². The maximum Gasteiger partial charge on any atom is 0.0237 e. The first-order chi connectivity index (χ1) is 10.2. The van der Waals surface area contributed by atoms with Crippen LogP contribution in [-0.2, 0) is 0 Å². The Morgan fingerprint density at radius 3 is 2.48 bits per heavy atom. The normalized spacial score (nSPS) is 47.1. The number of hydrogen-bond acceptors (Lipinski definition) is 1. The van der Waals surface area contributed by atoms with E-state index >= 15 is 0 Å². The van der Waals surface area contributed by atoms with Crippen molar-refractivity contribution >= 4 is 12.6 Å². The van der Waals surface area contributed by atoms with Crippen LogP contribution in [0, 0.1) is 29.6 Å². The first kappa shape index (κ1) is 14.7. The second kappa shape index (κ2) is 5.95. The van der Waals surface area contributed by atoms with E-state index in [1.165, 1.54) is 57.8 Å². The van der Waals surface area contributed by atoms with Crippen molar-refractivity contribution in [1.29, 1.82) is 0 Å². The largest absolute Gasteiger partial charge is 0.171 e. The molecule has 3 fully saturated rings. The Balaban J connectivity index is 1.56. The molecule has 0 aromatic rings. The van der Waals surface area contributed by atoms with Crippen LogP contribution in [0.1, 0.15) is 77.6 Å². The molecular formula is C20H32S. The van der Waals surface area contributed by atoms with Crippen molar-refractivity contribution in [1.82, 2.24) is 0 Å². The van der Waals surface area contributed by atoms with Crippen LogP contribution in [0.15, 0.2) is 11.1 Å². The van der Waals surface area contributed by atoms with Gasteiger partial charge >= 0.3 is 0 Å². The fraction of sp³-hybridized carbons (Fsp3) is 0.900. The first-order valence-corrected chi connectivity index (χ1v) is 10.1. The molecule has 3 saturated carbocycles. The maximum absolute atomic E-state index is 4.79. The SMILES string of the molecule is CC1=C2C(S)CC2CC1C1CCCCC2CCCC1CC2. The van der Waals surface area contributed by atoms with Crippen LogP contribution in [0.25, 0.3) is 0 Å². The summed E-state index contributed by atoms with van der Waals surface area (Å²) < 4.78 is 0. The topological polar surface area (TPSA) is 0 Å². The molecule has 0 nitrogen and oxygen atoms in total. The molecule has 2 bridgehead atoms. The van der Waals surface area contributed by atoms with E-state index in [9.17, 15) is 0 Å². The van der Waals surface area contributed by atoms with Crippen LogP contribution in [0.4, 0.5) is 0 Å². The summed E-state index contributed by atoms with van der Waals surface area (Å²) >= 11 is 4.79. The lowest BCUT2D eigenvalue weighted by molar-refractivity contribution is 0.200. The van der Waals surface area contributed by atoms with Crippen LogP contribution in [-0.4, -0.2) is 5.25 Å². The highest BCUT2D eigenvalue weighted by Crippen LogP contribution is 2.55. The highest BCUT2D eigenvalue weighted by atomic mass is 32.1. The predicted molar refractivity (Wildman–Crippen MR) is 93.7 cm³/mol. The van der Waals surface area contributed by atoms with Crippen molar-refractivity contribution in [3.63, 3.8) is 0 Å². The molecule has 0 aromatic heterocycles. The summed E-state index contributed by atoms with van der Waals surface area (Å²) in [7, 11) is 0. The molecule has 0 spiro atoms. The minimum absolute atomic E-state index is 0.620. The van der Waals surface area contributed by atoms with E-state index in [2.05, 4.69) is 6.92 Å². The molecule has 118 valence electrons. The molecule has 0 N–H and O–H groups in total. The molecule has 0 aliphatic heterocycles. The summed E-state index contributed by atoms with van der Waals surface area (Å²) in [5.74, 6) is 5.00. The molecule has 6 atom stereocenters. The number of thiol groups is 1. The van der Waals surface area contributed by atoms with Gasteiger partial charge in [0.1, 0.15) is 0 Å². The van der Waals surface area contributed by atoms with Crippen LogP contribution in [0.5, 0.6) is 0 Å². The number of hydrogen-bond donors (Lipinski definition) is 1. The molecule has 21 heavy (non-hydrogen) atoms. The third-order valence-electron chi connectivity index (χ3n) is 7.51. The van der Waals surface area contributed by atoms with E-state index in [1.54, 1.807) is 24.0 Å². The molecule has 4 aliphatic carbocycles. The van der Waals surface area contributed by atoms with Gasteiger partial charge in [0.25, 0.3) is 0 Å². The van der Waals surface area contributed by atoms with Crippen LogP contribution >= 0.6 is 12.6 Å². The molecule has 0 radical (unpaired) electrons. The van der Waals surface area contributed by atoms with Gasteiger partial charge in [-0.3, -0.25) is 0 Å². The Morgan fingerprint density at radius 1 is 0.857 bits per heavy atom. The monoisotopic (exact) mass is 304 g/mol. The number of fused-ring (bicyclic) bond motifs is 4. The molecule has 6 unspecified atom stereocenters. The van der Waals surface area contributed by atoms with Crippen molar-refractivity contribution in [2.75, 3.05) is 0 Å². The quantitative estimate of drug-likeness (QED) is 0.444. The molecular weight excluding hydrogens is 272 g/mol. The lowest BCUT2D eigenvalue weighted by atomic mass is 9.72. The minimum atomic E-state index is 0.620. The second-order valence-corrected chi connectivity index (χ2v) is 9.13. The summed E-state index contributed by atoms with van der Waals surface area (Å²) in [6, 6.07) is 0. The van der Waals surface area contributed by atoms with Gasteiger partial charge in [0.05, 0.1) is 0 Å². The molecule has 0 saturated heterocycles. The minimum Gasteiger partial charge on any atom is -0.171 e. The van der Waals surface area contributed by atoms with E-state index in [-0.39, 0.29) is 0 Å². The zero-order chi connectivity index (χ0) is 14.4. The van der Waals surface area contributed by atoms with Gasteiger partial charge in [0, 0.05) is 5.25 Å². The first-order valence-electron chi connectivity index (χ1n) is 9.62. The van der Waals surface area contributed by atoms with Gasteiger partial charge in [-0.05, 0) is 62.2 Å². The van der Waals surface area contributed by atoms with E-state index in [1.807, 2.05) is 0 Å². The van der Waals surface area contributed by atoms with Gasteiger partial charge in [-0.15, -0.1) is 0 Å². The Labute approximate surface area is 136 Å². The van der Waals surface area contributed by atoms with Crippen molar-refractivity contribution < 1.29 is 0 Å². The number of allylic oxidation sites excluding steroid dienone is 1. The molecule has 4 rings (SSSR count). The third kappa shape index (κ3) is 2.62. The lowest BCUT2D eigenvalue weighted by Gasteiger charge is -2.33. The van der Waals surface area contributed by atoms with Gasteiger partial charge in [-0.2, -0.15) is 12.6 Å². The molecule has 0 aromatic carbocycles. The summed E-state index contributed by atoms with van der Waals surface area (Å²) in [5.41, 5.74) is 3.56. The van der Waals surface area contributed by atoms with E-state index in [0.717, 1.165) is 29.6 Å². The molecule has 0 heterocycles. The van der Waals surface area contributed by atoms with Crippen LogP contribution in [0.3, 0.4) is 0 Å². The molecule has 1 heteroatoms. The zero-order valence-corrected chi connectivity index (χ0v) is 14.6. The van der Waals surface area contributed by atoms with Gasteiger partial charge in [0.2, 0.25) is 0 Å².